The Bertz CT molecular complexity index is 634. The largest absolute Gasteiger partial charge is 0.513 e. The fraction of sp³-hybridized carbons (Fsp3) is 0.500. The standard InChI is InChI=1S/C18H26N2O3/c1-4-5-6-12-22-18(21)23-16-9-7-8-15-17(16)14(13-19-15)10-11-20(2)3/h7-9,13,19H,4-6,10-12H2,1-3H3. The fourth-order valence-electron chi connectivity index (χ4n) is 2.47. The maximum Gasteiger partial charge on any atom is 0.513 e. The normalized spacial score (nSPS) is 11.1. The van der Waals surface area contributed by atoms with E-state index in [2.05, 4.69) is 16.8 Å². The number of carbonyl (C=O) groups is 1. The van der Waals surface area contributed by atoms with Gasteiger partial charge in [-0.2, -0.15) is 0 Å². The van der Waals surface area contributed by atoms with Gasteiger partial charge in [-0.25, -0.2) is 4.79 Å². The number of aromatic amines is 1. The molecule has 0 aliphatic carbocycles. The summed E-state index contributed by atoms with van der Waals surface area (Å²) in [7, 11) is 4.08. The third kappa shape index (κ3) is 4.99. The second kappa shape index (κ2) is 8.58. The smallest absolute Gasteiger partial charge is 0.434 e. The van der Waals surface area contributed by atoms with Crippen molar-refractivity contribution in [2.75, 3.05) is 27.2 Å². The van der Waals surface area contributed by atoms with Crippen LogP contribution in [0.25, 0.3) is 10.9 Å². The Labute approximate surface area is 137 Å². The highest BCUT2D eigenvalue weighted by Gasteiger charge is 2.13. The Balaban J connectivity index is 2.07. The maximum absolute atomic E-state index is 11.9. The summed E-state index contributed by atoms with van der Waals surface area (Å²) < 4.78 is 10.6. The molecule has 5 nitrogen and oxygen atoms in total. The highest BCUT2D eigenvalue weighted by atomic mass is 16.7. The van der Waals surface area contributed by atoms with Crippen LogP contribution >= 0.6 is 0 Å². The lowest BCUT2D eigenvalue weighted by molar-refractivity contribution is 0.0979. The van der Waals surface area contributed by atoms with Crippen molar-refractivity contribution in [2.45, 2.75) is 32.6 Å². The summed E-state index contributed by atoms with van der Waals surface area (Å²) in [6.45, 7) is 3.45. The third-order valence-electron chi connectivity index (χ3n) is 3.74. The molecule has 1 aromatic heterocycles. The number of ether oxygens (including phenoxy) is 2. The molecule has 1 heterocycles. The number of likely N-dealkylation sites (N-methyl/N-ethyl adjacent to an activating group) is 1. The van der Waals surface area contributed by atoms with Crippen LogP contribution in [0.3, 0.4) is 0 Å². The number of carbonyl (C=O) groups excluding carboxylic acids is 1. The predicted molar refractivity (Wildman–Crippen MR) is 92.1 cm³/mol. The van der Waals surface area contributed by atoms with Crippen LogP contribution in [0.5, 0.6) is 5.75 Å². The zero-order chi connectivity index (χ0) is 16.7. The topological polar surface area (TPSA) is 54.6 Å². The van der Waals surface area contributed by atoms with Crippen LogP contribution in [0.4, 0.5) is 4.79 Å². The molecule has 126 valence electrons. The van der Waals surface area contributed by atoms with E-state index in [-0.39, 0.29) is 0 Å². The number of benzene rings is 1. The number of unbranched alkanes of at least 4 members (excludes halogenated alkanes) is 2. The molecule has 0 atom stereocenters. The second-order valence-electron chi connectivity index (χ2n) is 5.95. The van der Waals surface area contributed by atoms with Crippen molar-refractivity contribution in [1.29, 1.82) is 0 Å². The lowest BCUT2D eigenvalue weighted by atomic mass is 10.1. The number of nitrogens with one attached hydrogen (secondary N) is 1. The Kier molecular flexibility index (Phi) is 6.47. The van der Waals surface area contributed by atoms with Crippen LogP contribution in [0.15, 0.2) is 24.4 Å². The van der Waals surface area contributed by atoms with Gasteiger partial charge in [0.05, 0.1) is 6.61 Å². The van der Waals surface area contributed by atoms with Crippen molar-refractivity contribution in [3.8, 4) is 5.75 Å². The zero-order valence-corrected chi connectivity index (χ0v) is 14.2. The van der Waals surface area contributed by atoms with Crippen LogP contribution in [-0.2, 0) is 11.2 Å². The van der Waals surface area contributed by atoms with Crippen LogP contribution < -0.4 is 4.74 Å². The van der Waals surface area contributed by atoms with Crippen molar-refractivity contribution in [3.05, 3.63) is 30.0 Å². The van der Waals surface area contributed by atoms with E-state index in [1.165, 1.54) is 0 Å². The molecular formula is C18H26N2O3. The van der Waals surface area contributed by atoms with E-state index in [0.29, 0.717) is 12.4 Å². The minimum Gasteiger partial charge on any atom is -0.434 e. The molecule has 0 unspecified atom stereocenters. The van der Waals surface area contributed by atoms with Gasteiger partial charge in [-0.15, -0.1) is 0 Å². The van der Waals surface area contributed by atoms with Gasteiger partial charge < -0.3 is 19.4 Å². The van der Waals surface area contributed by atoms with Gasteiger partial charge in [0, 0.05) is 23.6 Å². The minimum atomic E-state index is -0.631. The van der Waals surface area contributed by atoms with Crippen molar-refractivity contribution in [1.82, 2.24) is 9.88 Å². The van der Waals surface area contributed by atoms with Gasteiger partial charge in [0.1, 0.15) is 5.75 Å². The summed E-state index contributed by atoms with van der Waals surface area (Å²) in [5.74, 6) is 0.554. The summed E-state index contributed by atoms with van der Waals surface area (Å²) in [4.78, 5) is 17.2. The number of hydrogen-bond donors (Lipinski definition) is 1. The Morgan fingerprint density at radius 2 is 2.09 bits per heavy atom. The van der Waals surface area contributed by atoms with Crippen molar-refractivity contribution >= 4 is 17.1 Å². The molecule has 1 N–H and O–H groups in total. The van der Waals surface area contributed by atoms with Gasteiger partial charge in [-0.1, -0.05) is 25.8 Å². The van der Waals surface area contributed by atoms with Gasteiger partial charge in [0.25, 0.3) is 0 Å². The molecule has 0 aliphatic heterocycles. The summed E-state index contributed by atoms with van der Waals surface area (Å²) in [5.41, 5.74) is 2.11. The molecule has 0 bridgehead atoms. The van der Waals surface area contributed by atoms with Crippen molar-refractivity contribution < 1.29 is 14.3 Å². The molecule has 0 spiro atoms. The number of aromatic nitrogens is 1. The van der Waals surface area contributed by atoms with E-state index in [9.17, 15) is 4.79 Å². The van der Waals surface area contributed by atoms with E-state index in [4.69, 9.17) is 9.47 Å². The Morgan fingerprint density at radius 3 is 2.83 bits per heavy atom. The molecule has 1 aromatic carbocycles. The molecule has 2 aromatic rings. The summed E-state index contributed by atoms with van der Waals surface area (Å²) in [5, 5.41) is 0.958. The van der Waals surface area contributed by atoms with E-state index < -0.39 is 6.16 Å². The average molecular weight is 318 g/mol. The molecule has 23 heavy (non-hydrogen) atoms. The molecule has 0 fully saturated rings. The zero-order valence-electron chi connectivity index (χ0n) is 14.2. The first kappa shape index (κ1) is 17.3. The maximum atomic E-state index is 11.9. The molecule has 0 amide bonds. The fourth-order valence-corrected chi connectivity index (χ4v) is 2.47. The number of fused-ring (bicyclic) bond motifs is 1. The lowest BCUT2D eigenvalue weighted by Crippen LogP contribution is -2.15. The number of H-pyrrole nitrogens is 1. The highest BCUT2D eigenvalue weighted by molar-refractivity contribution is 5.90. The first-order valence-electron chi connectivity index (χ1n) is 8.20. The van der Waals surface area contributed by atoms with Gasteiger partial charge in [0.15, 0.2) is 0 Å². The minimum absolute atomic E-state index is 0.406. The molecule has 2 rings (SSSR count). The monoisotopic (exact) mass is 318 g/mol. The van der Waals surface area contributed by atoms with Crippen molar-refractivity contribution in [3.63, 3.8) is 0 Å². The Morgan fingerprint density at radius 1 is 1.26 bits per heavy atom. The number of rotatable bonds is 8. The first-order chi connectivity index (χ1) is 11.1. The molecule has 0 saturated carbocycles. The SMILES string of the molecule is CCCCCOC(=O)Oc1cccc2[nH]cc(CCN(C)C)c12. The van der Waals surface area contributed by atoms with Gasteiger partial charge in [0.2, 0.25) is 0 Å². The quantitative estimate of drug-likeness (QED) is 0.454. The summed E-state index contributed by atoms with van der Waals surface area (Å²) >= 11 is 0. The second-order valence-corrected chi connectivity index (χ2v) is 5.95. The molecule has 5 heteroatoms. The van der Waals surface area contributed by atoms with E-state index >= 15 is 0 Å². The van der Waals surface area contributed by atoms with E-state index in [0.717, 1.165) is 48.7 Å². The highest BCUT2D eigenvalue weighted by Crippen LogP contribution is 2.29. The van der Waals surface area contributed by atoms with Gasteiger partial charge >= 0.3 is 6.16 Å². The van der Waals surface area contributed by atoms with E-state index in [1.54, 1.807) is 0 Å². The predicted octanol–water partition coefficient (Wildman–Crippen LogP) is 3.98. The van der Waals surface area contributed by atoms with Crippen molar-refractivity contribution in [2.24, 2.45) is 0 Å². The van der Waals surface area contributed by atoms with Crippen LogP contribution in [0, 0.1) is 0 Å². The third-order valence-corrected chi connectivity index (χ3v) is 3.74. The van der Waals surface area contributed by atoms with Gasteiger partial charge in [-0.05, 0) is 44.6 Å². The molecule has 0 saturated heterocycles. The van der Waals surface area contributed by atoms with Crippen LogP contribution in [-0.4, -0.2) is 43.3 Å². The average Bonchev–Trinajstić information content (AvgIpc) is 2.94. The lowest BCUT2D eigenvalue weighted by Gasteiger charge is -2.10. The van der Waals surface area contributed by atoms with Gasteiger partial charge in [-0.3, -0.25) is 0 Å². The summed E-state index contributed by atoms with van der Waals surface area (Å²) in [6, 6.07) is 5.66. The number of nitrogens with zero attached hydrogens (tertiary/aromatic N) is 1. The molecule has 0 aliphatic rings. The van der Waals surface area contributed by atoms with Crippen LogP contribution in [0.1, 0.15) is 31.7 Å². The first-order valence-corrected chi connectivity index (χ1v) is 8.20. The summed E-state index contributed by atoms with van der Waals surface area (Å²) in [6.07, 6.45) is 5.25. The molecule has 0 radical (unpaired) electrons. The number of hydrogen-bond acceptors (Lipinski definition) is 4. The van der Waals surface area contributed by atoms with E-state index in [1.807, 2.05) is 38.5 Å². The van der Waals surface area contributed by atoms with Crippen LogP contribution in [0.2, 0.25) is 0 Å². The Hall–Kier alpha value is -2.01. The molecular weight excluding hydrogens is 292 g/mol.